The number of β-amino-alcohol motifs (C(OH)–C–C–N with tert-alkyl or cyclic N) is 1. The van der Waals surface area contributed by atoms with E-state index in [1.165, 1.54) is 166 Å². The topological polar surface area (TPSA) is 179 Å². The number of aromatic hydroxyl groups is 1. The fraction of sp³-hybridized carbons (Fsp3) is 0.649. The lowest BCUT2D eigenvalue weighted by molar-refractivity contribution is -0.125. The van der Waals surface area contributed by atoms with Gasteiger partial charge in [-0.25, -0.2) is 8.78 Å². The maximum Gasteiger partial charge on any atom is 0.318 e. The number of aldehydes is 2. The van der Waals surface area contributed by atoms with Crippen molar-refractivity contribution in [3.63, 3.8) is 0 Å². The number of ether oxygens (including phenoxy) is 2. The van der Waals surface area contributed by atoms with Crippen molar-refractivity contribution >= 4 is 57.4 Å². The summed E-state index contributed by atoms with van der Waals surface area (Å²) in [6, 6.07) is 14.3. The fourth-order valence-corrected chi connectivity index (χ4v) is 14.8. The number of benzene rings is 3. The molecule has 6 heterocycles. The van der Waals surface area contributed by atoms with Gasteiger partial charge in [-0.3, -0.25) is 19.5 Å². The first-order valence-corrected chi connectivity index (χ1v) is 35.5. The molecule has 6 unspecified atom stereocenters. The Morgan fingerprint density at radius 1 is 0.840 bits per heavy atom. The number of ketones is 1. The van der Waals surface area contributed by atoms with Crippen molar-refractivity contribution in [1.82, 2.24) is 24.8 Å². The molecule has 94 heavy (non-hydrogen) atoms. The standard InChI is InChI=1S/C30H50N2O.C25H24F2N4O3.C9H17NO.C9H18O.2C2H4O/c1-7-10-25(13-11-23(4)8-2)20-32-21-30(22-32)17-15-26(16-18-30)27-14-12-24(5)28(19-27)31(6)29(33)9-3;1-3-16-19(26)7-6-13-9-15(33)10-17(20(13)16)22-21(27)23-18(11-28-22)24(30-25(29-23)34-2)31-8-4-5-14(32)12-31;1-11-7-9-5-4-8-3-2-6-10(8)9;1-5-6-8(4)9(10)7(2)3;2*1-2-3/h12,14,19,23,25-26H,7-11,13,15-18,20-22H2,1-6H3;6-7,9-11,14,32-33H,3-5,8,12H2,1-2H3;8-9H,2-7H2,1H3;7-8H,5-6H2,1-4H3;2*2H,1H3. The molecule has 1 saturated carbocycles. The fourth-order valence-electron chi connectivity index (χ4n) is 14.8. The van der Waals surface area contributed by atoms with E-state index in [1.807, 2.05) is 58.6 Å². The van der Waals surface area contributed by atoms with Gasteiger partial charge >= 0.3 is 6.01 Å². The van der Waals surface area contributed by atoms with Crippen molar-refractivity contribution in [2.75, 3.05) is 76.9 Å². The number of methoxy groups -OCH3 is 2. The van der Waals surface area contributed by atoms with Gasteiger partial charge in [0.15, 0.2) is 5.82 Å². The van der Waals surface area contributed by atoms with Gasteiger partial charge in [0.25, 0.3) is 0 Å². The van der Waals surface area contributed by atoms with Gasteiger partial charge in [-0.1, -0.05) is 106 Å². The molecule has 5 fully saturated rings. The second-order valence-electron chi connectivity index (χ2n) is 27.4. The first-order chi connectivity index (χ1) is 45.0. The highest BCUT2D eigenvalue weighted by molar-refractivity contribution is 6.02. The highest BCUT2D eigenvalue weighted by Crippen LogP contribution is 2.49. The minimum atomic E-state index is -0.727. The number of phenols is 1. The molecular formula is C77H117F2N7O8. The summed E-state index contributed by atoms with van der Waals surface area (Å²) in [6.07, 6.45) is 24.8. The molecule has 522 valence electrons. The first kappa shape index (κ1) is 78.7. The van der Waals surface area contributed by atoms with Gasteiger partial charge < -0.3 is 44.0 Å². The number of carbonyl (C=O) groups excluding carboxylic acids is 4. The molecule has 10 rings (SSSR count). The normalized spacial score (nSPS) is 19.3. The molecule has 4 aliphatic heterocycles. The van der Waals surface area contributed by atoms with Gasteiger partial charge in [-0.15, -0.1) is 0 Å². The molecule has 0 radical (unpaired) electrons. The summed E-state index contributed by atoms with van der Waals surface area (Å²) in [5.41, 5.74) is 4.94. The lowest BCUT2D eigenvalue weighted by atomic mass is 9.64. The Balaban J connectivity index is 0.000000245. The molecule has 1 aliphatic carbocycles. The molecule has 4 saturated heterocycles. The quantitative estimate of drug-likeness (QED) is 0.0663. The Kier molecular flexibility index (Phi) is 32.9. The van der Waals surface area contributed by atoms with E-state index in [0.717, 1.165) is 68.0 Å². The number of phenolic OH excluding ortho intramolecular Hbond substituents is 1. The van der Waals surface area contributed by atoms with Crippen LogP contribution in [0.1, 0.15) is 214 Å². The van der Waals surface area contributed by atoms with Crippen LogP contribution in [0.15, 0.2) is 48.7 Å². The van der Waals surface area contributed by atoms with Crippen LogP contribution < -0.4 is 14.5 Å². The van der Waals surface area contributed by atoms with E-state index in [0.29, 0.717) is 77.0 Å². The number of anilines is 2. The molecule has 2 aromatic heterocycles. The molecule has 15 nitrogen and oxygen atoms in total. The average Bonchev–Trinajstić information content (AvgIpc) is 1.04. The number of aliphatic hydroxyl groups is 1. The molecule has 17 heteroatoms. The number of aromatic nitrogens is 3. The zero-order valence-electron chi connectivity index (χ0n) is 60.0. The van der Waals surface area contributed by atoms with Gasteiger partial charge in [0.05, 0.1) is 25.2 Å². The number of rotatable bonds is 21. The van der Waals surface area contributed by atoms with E-state index in [2.05, 4.69) is 77.6 Å². The van der Waals surface area contributed by atoms with Gasteiger partial charge in [0.2, 0.25) is 5.91 Å². The smallest absolute Gasteiger partial charge is 0.318 e. The number of fused-ring (bicyclic) bond motifs is 3. The summed E-state index contributed by atoms with van der Waals surface area (Å²) in [7, 11) is 5.13. The zero-order valence-corrected chi connectivity index (χ0v) is 60.0. The van der Waals surface area contributed by atoms with Gasteiger partial charge in [0.1, 0.15) is 47.0 Å². The molecule has 5 aliphatic rings. The summed E-state index contributed by atoms with van der Waals surface area (Å²) in [5, 5.41) is 21.9. The predicted molar refractivity (Wildman–Crippen MR) is 379 cm³/mol. The Bertz CT molecular complexity index is 3160. The number of amides is 1. The van der Waals surface area contributed by atoms with Crippen LogP contribution in [0, 0.1) is 47.6 Å². The number of hydrogen-bond acceptors (Lipinski definition) is 14. The number of hydrogen-bond donors (Lipinski definition) is 2. The molecule has 3 aromatic carbocycles. The lowest BCUT2D eigenvalue weighted by Gasteiger charge is -2.54. The number of Topliss-reactive ketones (excluding diaryl/α,β-unsaturated/α-hetero) is 1. The van der Waals surface area contributed by atoms with E-state index in [9.17, 15) is 24.2 Å². The third-order valence-electron chi connectivity index (χ3n) is 20.0. The van der Waals surface area contributed by atoms with Crippen LogP contribution >= 0.6 is 0 Å². The summed E-state index contributed by atoms with van der Waals surface area (Å²) in [5.74, 6) is 2.72. The van der Waals surface area contributed by atoms with Gasteiger partial charge in [-0.05, 0) is 192 Å². The molecule has 1 spiro atoms. The zero-order chi connectivity index (χ0) is 69.2. The van der Waals surface area contributed by atoms with Crippen LogP contribution in [0.5, 0.6) is 11.8 Å². The van der Waals surface area contributed by atoms with Crippen LogP contribution in [-0.4, -0.2) is 145 Å². The number of aliphatic hydroxyl groups excluding tert-OH is 1. The summed E-state index contributed by atoms with van der Waals surface area (Å²) in [4.78, 5) is 63.3. The van der Waals surface area contributed by atoms with Crippen LogP contribution in [0.25, 0.3) is 32.9 Å². The monoisotopic (exact) mass is 1310 g/mol. The van der Waals surface area contributed by atoms with Crippen molar-refractivity contribution in [1.29, 1.82) is 0 Å². The predicted octanol–water partition coefficient (Wildman–Crippen LogP) is 16.2. The maximum atomic E-state index is 16.0. The van der Waals surface area contributed by atoms with Gasteiger partial charge in [0, 0.05) is 94.7 Å². The number of piperidine rings is 1. The SMILES string of the molecule is CC=O.CC=O.CCCC(C)C(=O)C(C)C.CCCC(CCC(C)CC)CN1CC2(CCC(c3ccc(C)c(N(C)C(=O)CC)c3)CC2)C1.CCc1c(F)ccc2cc(O)cc(-c3ncc4c(N5CCCC(O)C5)nc(OC)nc4c3F)c12.COCC1CCC2CCCN21. The highest BCUT2D eigenvalue weighted by Gasteiger charge is 2.45. The molecule has 1 amide bonds. The van der Waals surface area contributed by atoms with E-state index < -0.39 is 17.7 Å². The average molecular weight is 1310 g/mol. The number of aryl methyl sites for hydroxylation is 2. The first-order valence-electron chi connectivity index (χ1n) is 35.5. The van der Waals surface area contributed by atoms with Crippen molar-refractivity contribution in [3.8, 4) is 23.0 Å². The van der Waals surface area contributed by atoms with Crippen molar-refractivity contribution in [2.45, 2.75) is 229 Å². The number of likely N-dealkylation sites (tertiary alicyclic amines) is 1. The highest BCUT2D eigenvalue weighted by atomic mass is 19.1. The third-order valence-corrected chi connectivity index (χ3v) is 20.0. The Labute approximate surface area is 562 Å². The van der Waals surface area contributed by atoms with E-state index in [-0.39, 0.29) is 46.3 Å². The second kappa shape index (κ2) is 39.3. The number of pyridine rings is 1. The van der Waals surface area contributed by atoms with Crippen molar-refractivity contribution < 1.29 is 47.6 Å². The molecule has 0 bridgehead atoms. The van der Waals surface area contributed by atoms with Crippen molar-refractivity contribution in [3.05, 3.63) is 77.0 Å². The minimum Gasteiger partial charge on any atom is -0.508 e. The van der Waals surface area contributed by atoms with E-state index in [1.54, 1.807) is 6.07 Å². The Morgan fingerprint density at radius 2 is 1.52 bits per heavy atom. The van der Waals surface area contributed by atoms with Gasteiger partial charge in [-0.2, -0.15) is 9.97 Å². The number of halogens is 2. The lowest BCUT2D eigenvalue weighted by Crippen LogP contribution is -2.58. The Morgan fingerprint density at radius 3 is 2.13 bits per heavy atom. The number of nitrogens with zero attached hydrogens (tertiary/aromatic N) is 7. The Hall–Kier alpha value is -6.01. The summed E-state index contributed by atoms with van der Waals surface area (Å²) >= 11 is 0. The van der Waals surface area contributed by atoms with E-state index >= 15 is 4.39 Å². The summed E-state index contributed by atoms with van der Waals surface area (Å²) in [6.45, 7) is 31.2. The maximum absolute atomic E-state index is 16.0. The third kappa shape index (κ3) is 21.5. The van der Waals surface area contributed by atoms with Crippen LogP contribution in [0.4, 0.5) is 20.3 Å². The minimum absolute atomic E-state index is 0.00198. The molecule has 2 N–H and O–H groups in total. The van der Waals surface area contributed by atoms with E-state index in [4.69, 9.17) is 19.1 Å². The molecule has 6 atom stereocenters. The summed E-state index contributed by atoms with van der Waals surface area (Å²) < 4.78 is 41.1. The van der Waals surface area contributed by atoms with Crippen LogP contribution in [0.2, 0.25) is 0 Å². The van der Waals surface area contributed by atoms with Crippen molar-refractivity contribution in [2.24, 2.45) is 29.1 Å². The second-order valence-corrected chi connectivity index (χ2v) is 27.4. The van der Waals surface area contributed by atoms with Crippen LogP contribution in [-0.2, 0) is 30.3 Å². The largest absolute Gasteiger partial charge is 0.508 e. The number of carbonyl (C=O) groups is 4. The molecular weight excluding hydrogens is 1190 g/mol. The van der Waals surface area contributed by atoms with Crippen LogP contribution in [0.3, 0.4) is 0 Å². The molecule has 5 aromatic rings.